The molecule has 152 valence electrons. The summed E-state index contributed by atoms with van der Waals surface area (Å²) in [6.07, 6.45) is 6.18. The van der Waals surface area contributed by atoms with Crippen LogP contribution in [0.5, 0.6) is 0 Å². The van der Waals surface area contributed by atoms with E-state index in [-0.39, 0.29) is 23.1 Å². The van der Waals surface area contributed by atoms with Crippen LogP contribution >= 0.6 is 0 Å². The lowest BCUT2D eigenvalue weighted by Gasteiger charge is -2.42. The Kier molecular flexibility index (Phi) is 5.75. The number of nitrogens with zero attached hydrogens (tertiary/aromatic N) is 4. The predicted molar refractivity (Wildman–Crippen MR) is 104 cm³/mol. The third kappa shape index (κ3) is 4.11. The van der Waals surface area contributed by atoms with E-state index in [0.717, 1.165) is 64.7 Å². The van der Waals surface area contributed by atoms with Gasteiger partial charge in [0.15, 0.2) is 0 Å². The van der Waals surface area contributed by atoms with Crippen LogP contribution in [0.3, 0.4) is 0 Å². The van der Waals surface area contributed by atoms with E-state index in [1.807, 2.05) is 9.80 Å². The first-order chi connectivity index (χ1) is 13.6. The molecule has 0 saturated carbocycles. The average molecular weight is 387 g/mol. The highest BCUT2D eigenvalue weighted by molar-refractivity contribution is 5.92. The molecule has 3 aliphatic heterocycles. The Morgan fingerprint density at radius 3 is 2.36 bits per heavy atom. The Morgan fingerprint density at radius 1 is 0.929 bits per heavy atom. The molecule has 1 N–H and O–H groups in total. The Balaban J connectivity index is 1.30. The number of carbonyl (C=O) groups is 2. The lowest BCUT2D eigenvalue weighted by Crippen LogP contribution is -2.51. The fourth-order valence-corrected chi connectivity index (χ4v) is 4.80. The van der Waals surface area contributed by atoms with Gasteiger partial charge in [-0.2, -0.15) is 5.10 Å². The van der Waals surface area contributed by atoms with Gasteiger partial charge in [-0.25, -0.2) is 5.10 Å². The second kappa shape index (κ2) is 8.43. The van der Waals surface area contributed by atoms with E-state index in [4.69, 9.17) is 0 Å². The molecule has 0 aliphatic carbocycles. The van der Waals surface area contributed by atoms with Crippen LogP contribution in [0.1, 0.15) is 49.0 Å². The standard InChI is InChI=1S/C20H29N5O3/c26-18-6-5-17(21-22-18)20(28)24-12-7-16(8-13-24)25-11-3-4-15(14-25)19(27)23-9-1-2-10-23/h5-6,15-16H,1-4,7-14H2,(H,22,26)/t15-/m1/s1. The van der Waals surface area contributed by atoms with Gasteiger partial charge in [-0.15, -0.1) is 0 Å². The zero-order valence-electron chi connectivity index (χ0n) is 16.3. The second-order valence-corrected chi connectivity index (χ2v) is 8.20. The smallest absolute Gasteiger partial charge is 0.274 e. The Morgan fingerprint density at radius 2 is 1.68 bits per heavy atom. The molecule has 0 aromatic carbocycles. The van der Waals surface area contributed by atoms with E-state index < -0.39 is 0 Å². The van der Waals surface area contributed by atoms with Gasteiger partial charge in [0.1, 0.15) is 5.69 Å². The zero-order chi connectivity index (χ0) is 19.5. The van der Waals surface area contributed by atoms with Crippen LogP contribution in [0.4, 0.5) is 0 Å². The molecule has 8 heteroatoms. The number of nitrogens with one attached hydrogen (secondary N) is 1. The summed E-state index contributed by atoms with van der Waals surface area (Å²) in [6.45, 7) is 5.12. The van der Waals surface area contributed by atoms with Crippen LogP contribution in [0.2, 0.25) is 0 Å². The average Bonchev–Trinajstić information content (AvgIpc) is 3.28. The van der Waals surface area contributed by atoms with E-state index in [2.05, 4.69) is 15.1 Å². The SMILES string of the molecule is O=C(c1ccc(=O)[nH]n1)N1CCC(N2CCC[C@@H](C(=O)N3CCCC3)C2)CC1. The second-order valence-electron chi connectivity index (χ2n) is 8.20. The summed E-state index contributed by atoms with van der Waals surface area (Å²) in [5, 5.41) is 6.17. The van der Waals surface area contributed by atoms with Gasteiger partial charge in [-0.3, -0.25) is 19.3 Å². The van der Waals surface area contributed by atoms with Crippen molar-refractivity contribution in [2.45, 2.75) is 44.6 Å². The molecule has 4 rings (SSSR count). The summed E-state index contributed by atoms with van der Waals surface area (Å²) >= 11 is 0. The van der Waals surface area contributed by atoms with E-state index >= 15 is 0 Å². The van der Waals surface area contributed by atoms with Crippen LogP contribution < -0.4 is 5.56 Å². The van der Waals surface area contributed by atoms with E-state index in [1.54, 1.807) is 0 Å². The molecule has 0 bridgehead atoms. The van der Waals surface area contributed by atoms with Crippen molar-refractivity contribution in [1.82, 2.24) is 24.9 Å². The van der Waals surface area contributed by atoms with Crippen molar-refractivity contribution in [3.8, 4) is 0 Å². The van der Waals surface area contributed by atoms with Crippen molar-refractivity contribution in [2.75, 3.05) is 39.3 Å². The van der Waals surface area contributed by atoms with Gasteiger partial charge < -0.3 is 9.80 Å². The first kappa shape index (κ1) is 19.1. The lowest BCUT2D eigenvalue weighted by atomic mass is 9.93. The summed E-state index contributed by atoms with van der Waals surface area (Å²) in [6, 6.07) is 3.24. The minimum Gasteiger partial charge on any atom is -0.342 e. The minimum absolute atomic E-state index is 0.129. The molecule has 1 aromatic rings. The molecule has 0 unspecified atom stereocenters. The molecule has 3 fully saturated rings. The van der Waals surface area contributed by atoms with E-state index in [1.165, 1.54) is 12.1 Å². The van der Waals surface area contributed by atoms with Gasteiger partial charge in [0.25, 0.3) is 11.5 Å². The first-order valence-electron chi connectivity index (χ1n) is 10.5. The van der Waals surface area contributed by atoms with Crippen LogP contribution in [-0.4, -0.2) is 82.0 Å². The van der Waals surface area contributed by atoms with Crippen molar-refractivity contribution in [1.29, 1.82) is 0 Å². The maximum absolute atomic E-state index is 12.8. The Bertz CT molecular complexity index is 745. The fraction of sp³-hybridized carbons (Fsp3) is 0.700. The van der Waals surface area contributed by atoms with Crippen LogP contribution in [0.25, 0.3) is 0 Å². The highest BCUT2D eigenvalue weighted by atomic mass is 16.2. The summed E-state index contributed by atoms with van der Waals surface area (Å²) in [5.41, 5.74) is -0.0225. The number of likely N-dealkylation sites (tertiary alicyclic amines) is 3. The van der Waals surface area contributed by atoms with Crippen LogP contribution in [0, 0.1) is 5.92 Å². The number of hydrogen-bond acceptors (Lipinski definition) is 5. The van der Waals surface area contributed by atoms with Crippen molar-refractivity contribution in [2.24, 2.45) is 5.92 Å². The molecule has 1 aromatic heterocycles. The molecule has 28 heavy (non-hydrogen) atoms. The maximum Gasteiger partial charge on any atom is 0.274 e. The molecule has 3 saturated heterocycles. The number of amides is 2. The maximum atomic E-state index is 12.8. The zero-order valence-corrected chi connectivity index (χ0v) is 16.3. The normalized spacial score (nSPS) is 24.5. The number of carbonyl (C=O) groups excluding carboxylic acids is 2. The molecular formula is C20H29N5O3. The summed E-state index contributed by atoms with van der Waals surface area (Å²) < 4.78 is 0. The van der Waals surface area contributed by atoms with Crippen LogP contribution in [-0.2, 0) is 4.79 Å². The minimum atomic E-state index is -0.307. The summed E-state index contributed by atoms with van der Waals surface area (Å²) in [5.74, 6) is 0.353. The van der Waals surface area contributed by atoms with Crippen molar-refractivity contribution >= 4 is 11.8 Å². The Labute approximate surface area is 164 Å². The largest absolute Gasteiger partial charge is 0.342 e. The number of H-pyrrole nitrogens is 1. The molecule has 8 nitrogen and oxygen atoms in total. The van der Waals surface area contributed by atoms with Crippen molar-refractivity contribution in [3.05, 3.63) is 28.2 Å². The molecule has 1 atom stereocenters. The number of piperidine rings is 2. The summed E-state index contributed by atoms with van der Waals surface area (Å²) in [7, 11) is 0. The predicted octanol–water partition coefficient (Wildman–Crippen LogP) is 0.709. The number of hydrogen-bond donors (Lipinski definition) is 1. The topological polar surface area (TPSA) is 89.6 Å². The highest BCUT2D eigenvalue weighted by Gasteiger charge is 2.34. The Hall–Kier alpha value is -2.22. The number of aromatic nitrogens is 2. The molecule has 0 radical (unpaired) electrons. The fourth-order valence-electron chi connectivity index (χ4n) is 4.80. The number of aromatic amines is 1. The van der Waals surface area contributed by atoms with Crippen molar-refractivity contribution < 1.29 is 9.59 Å². The van der Waals surface area contributed by atoms with Gasteiger partial charge in [0, 0.05) is 44.8 Å². The summed E-state index contributed by atoms with van der Waals surface area (Å²) in [4.78, 5) is 42.8. The molecule has 0 spiro atoms. The van der Waals surface area contributed by atoms with Crippen molar-refractivity contribution in [3.63, 3.8) is 0 Å². The quantitative estimate of drug-likeness (QED) is 0.825. The first-order valence-corrected chi connectivity index (χ1v) is 10.5. The molecule has 4 heterocycles. The van der Waals surface area contributed by atoms with Gasteiger partial charge in [0.2, 0.25) is 5.91 Å². The molecule has 2 amide bonds. The molecule has 3 aliphatic rings. The lowest BCUT2D eigenvalue weighted by molar-refractivity contribution is -0.136. The van der Waals surface area contributed by atoms with Gasteiger partial charge in [-0.1, -0.05) is 0 Å². The third-order valence-electron chi connectivity index (χ3n) is 6.39. The van der Waals surface area contributed by atoms with Gasteiger partial charge in [0.05, 0.1) is 5.92 Å². The highest BCUT2D eigenvalue weighted by Crippen LogP contribution is 2.26. The van der Waals surface area contributed by atoms with Crippen LogP contribution in [0.15, 0.2) is 16.9 Å². The third-order valence-corrected chi connectivity index (χ3v) is 6.39. The van der Waals surface area contributed by atoms with Gasteiger partial charge >= 0.3 is 0 Å². The monoisotopic (exact) mass is 387 g/mol. The van der Waals surface area contributed by atoms with E-state index in [9.17, 15) is 14.4 Å². The number of rotatable bonds is 3. The molecular weight excluding hydrogens is 358 g/mol. The van der Waals surface area contributed by atoms with Gasteiger partial charge in [-0.05, 0) is 51.1 Å². The van der Waals surface area contributed by atoms with E-state index in [0.29, 0.717) is 25.0 Å².